The highest BCUT2D eigenvalue weighted by atomic mass is 16.5. The summed E-state index contributed by atoms with van der Waals surface area (Å²) >= 11 is 0. The Morgan fingerprint density at radius 1 is 0.244 bits per heavy atom. The van der Waals surface area contributed by atoms with Crippen molar-refractivity contribution in [3.63, 3.8) is 0 Å². The topological polar surface area (TPSA) is 148 Å². The van der Waals surface area contributed by atoms with E-state index < -0.39 is 0 Å². The van der Waals surface area contributed by atoms with Crippen molar-refractivity contribution < 1.29 is 33.5 Å². The van der Waals surface area contributed by atoms with E-state index in [1.54, 1.807) is 0 Å². The summed E-state index contributed by atoms with van der Waals surface area (Å²) in [4.78, 5) is 69.1. The monoisotopic (exact) mass is 1170 g/mol. The second-order valence-electron chi connectivity index (χ2n) is 38.2. The number of carbonyl (C=O) groups excluding carboxylic acids is 6. The van der Waals surface area contributed by atoms with Crippen LogP contribution in [-0.4, -0.2) is 67.9 Å². The maximum Gasteiger partial charge on any atom is 0.220 e. The lowest BCUT2D eigenvalue weighted by Gasteiger charge is -2.28. The summed E-state index contributed by atoms with van der Waals surface area (Å²) in [7, 11) is 0. The molecule has 0 radical (unpaired) electrons. The summed E-state index contributed by atoms with van der Waals surface area (Å²) in [6, 6.07) is 0. The zero-order valence-corrected chi connectivity index (χ0v) is 62.1. The lowest BCUT2D eigenvalue weighted by Crippen LogP contribution is -2.34. The molecule has 0 atom stereocenters. The Balaban J connectivity index is -0.000000213. The van der Waals surface area contributed by atoms with Crippen molar-refractivity contribution in [2.45, 2.75) is 333 Å². The van der Waals surface area contributed by atoms with Crippen LogP contribution in [0, 0.1) is 65.0 Å². The van der Waals surface area contributed by atoms with Crippen molar-refractivity contribution >= 4 is 35.1 Å². The van der Waals surface area contributed by atoms with Gasteiger partial charge in [0.25, 0.3) is 0 Å². The van der Waals surface area contributed by atoms with Gasteiger partial charge >= 0.3 is 0 Å². The molecule has 3 N–H and O–H groups in total. The fraction of sp³-hybridized carbons (Fsp3) is 0.917. The maximum absolute atomic E-state index is 11.6. The van der Waals surface area contributed by atoms with Gasteiger partial charge in [-0.3, -0.25) is 28.8 Å². The minimum Gasteiger partial charge on any atom is -0.381 e. The summed E-state index contributed by atoms with van der Waals surface area (Å²) in [5.41, 5.74) is 2.67. The molecule has 0 heterocycles. The van der Waals surface area contributed by atoms with Crippen molar-refractivity contribution in [2.24, 2.45) is 65.0 Å². The van der Waals surface area contributed by atoms with Gasteiger partial charge in [-0.25, -0.2) is 0 Å². The van der Waals surface area contributed by atoms with E-state index in [0.29, 0.717) is 91.9 Å². The third-order valence-corrected chi connectivity index (χ3v) is 10.8. The highest BCUT2D eigenvalue weighted by Crippen LogP contribution is 2.32. The first kappa shape index (κ1) is 90.6. The summed E-state index contributed by atoms with van der Waals surface area (Å²) in [6.45, 7) is 81.1. The molecule has 10 nitrogen and oxygen atoms in total. The van der Waals surface area contributed by atoms with Crippen LogP contribution in [0.25, 0.3) is 0 Å². The smallest absolute Gasteiger partial charge is 0.220 e. The predicted octanol–water partition coefficient (Wildman–Crippen LogP) is 19.6. The normalized spacial score (nSPS) is 12.9. The van der Waals surface area contributed by atoms with Crippen LogP contribution in [-0.2, 0) is 33.5 Å². The lowest BCUT2D eigenvalue weighted by atomic mass is 9.78. The second kappa shape index (κ2) is 39.2. The molecule has 492 valence electrons. The third kappa shape index (κ3) is 99.4. The number of carbonyl (C=O) groups is 6. The molecule has 0 fully saturated rings. The van der Waals surface area contributed by atoms with Gasteiger partial charge in [0.1, 0.15) is 17.3 Å². The Morgan fingerprint density at radius 2 is 0.476 bits per heavy atom. The van der Waals surface area contributed by atoms with Gasteiger partial charge in [-0.1, -0.05) is 249 Å². The van der Waals surface area contributed by atoms with Crippen LogP contribution in [0.2, 0.25) is 0 Å². The largest absolute Gasteiger partial charge is 0.381 e. The first-order valence-corrected chi connectivity index (χ1v) is 31.5. The summed E-state index contributed by atoms with van der Waals surface area (Å²) < 4.78 is 5.59. The number of amides is 3. The van der Waals surface area contributed by atoms with Crippen LogP contribution in [0.15, 0.2) is 0 Å². The van der Waals surface area contributed by atoms with E-state index in [1.807, 2.05) is 41.5 Å². The fourth-order valence-corrected chi connectivity index (χ4v) is 7.32. The molecule has 0 rings (SSSR count). The van der Waals surface area contributed by atoms with Gasteiger partial charge in [-0.05, 0) is 90.7 Å². The van der Waals surface area contributed by atoms with Gasteiger partial charge in [0.15, 0.2) is 0 Å². The number of rotatable bonds is 19. The molecule has 0 saturated heterocycles. The highest BCUT2D eigenvalue weighted by Gasteiger charge is 2.23. The zero-order chi connectivity index (χ0) is 67.0. The summed E-state index contributed by atoms with van der Waals surface area (Å²) in [5, 5.41) is 8.64. The Bertz CT molecular complexity index is 1610. The molecule has 0 aromatic heterocycles. The molecular weight excluding hydrogens is 1020 g/mol. The number of ether oxygens (including phenoxy) is 1. The van der Waals surface area contributed by atoms with Gasteiger partial charge in [-0.15, -0.1) is 0 Å². The third-order valence-electron chi connectivity index (χ3n) is 10.8. The first-order chi connectivity index (χ1) is 35.6. The highest BCUT2D eigenvalue weighted by molar-refractivity contribution is 5.86. The molecule has 0 spiro atoms. The van der Waals surface area contributed by atoms with Crippen LogP contribution in [0.5, 0.6) is 0 Å². The summed E-state index contributed by atoms with van der Waals surface area (Å²) in [5.74, 6) is 0.848. The molecule has 0 saturated carbocycles. The molecule has 0 aliphatic carbocycles. The van der Waals surface area contributed by atoms with Gasteiger partial charge in [0, 0.05) is 90.6 Å². The SMILES string of the molecule is CC(C)(C)CC(C)(C)C.CC(C)(C)CCC(=O)CC(C)(C)C.CC(C)(C)CCOCCC(C)(C)C.CC(C)(C)CNC(=O)CC(C)(C)C.CC(C)(C)CNC(=O)CCC(=O)CC(C)(C)C.CC(C)(C)CNC(=O)CCC(=O)CC(C)(C)C. The minimum atomic E-state index is -0.0258. The van der Waals surface area contributed by atoms with Crippen molar-refractivity contribution in [1.29, 1.82) is 0 Å². The van der Waals surface area contributed by atoms with E-state index >= 15 is 0 Å². The van der Waals surface area contributed by atoms with E-state index in [0.717, 1.165) is 45.4 Å². The maximum atomic E-state index is 11.6. The molecule has 0 unspecified atom stereocenters. The second-order valence-corrected chi connectivity index (χ2v) is 38.2. The van der Waals surface area contributed by atoms with Crippen LogP contribution in [0.4, 0.5) is 0 Å². The van der Waals surface area contributed by atoms with Gasteiger partial charge in [0.2, 0.25) is 17.7 Å². The standard InChI is InChI=1S/2C14H27NO2.C12H26O.C12H24O.C11H23NO.C9H20/c2*1-13(2,3)9-11(16)7-8-12(17)15-10-14(4,5)6;1-11(2,3)7-9-13-10-8-12(4,5)6;1-11(2,3)8-7-10(13)9-12(4,5)6;1-10(2,3)7-9(13)12-8-11(4,5)6;1-8(2,3)7-9(4,5)6/h2*7-10H2,1-6H3,(H,15,17);7-10H2,1-6H3;7-9H2,1-6H3;7-8H2,1-6H3,(H,12,13);7H2,1-6H3. The first-order valence-electron chi connectivity index (χ1n) is 31.5. The van der Waals surface area contributed by atoms with E-state index in [2.05, 4.69) is 224 Å². The van der Waals surface area contributed by atoms with Gasteiger partial charge in [-0.2, -0.15) is 0 Å². The molecule has 0 aromatic carbocycles. The van der Waals surface area contributed by atoms with E-state index in [1.165, 1.54) is 6.42 Å². The molecule has 0 aliphatic rings. The quantitative estimate of drug-likeness (QED) is 0.109. The van der Waals surface area contributed by atoms with E-state index in [9.17, 15) is 28.8 Å². The average molecular weight is 1170 g/mol. The Kier molecular flexibility index (Phi) is 43.3. The van der Waals surface area contributed by atoms with E-state index in [-0.39, 0.29) is 72.6 Å². The number of ketones is 3. The van der Waals surface area contributed by atoms with Gasteiger partial charge < -0.3 is 20.7 Å². The Hall–Kier alpha value is -2.62. The molecule has 10 heteroatoms. The Labute approximate surface area is 512 Å². The minimum absolute atomic E-state index is 0.0129. The molecule has 82 heavy (non-hydrogen) atoms. The van der Waals surface area contributed by atoms with Crippen molar-refractivity contribution in [3.8, 4) is 0 Å². The fourth-order valence-electron chi connectivity index (χ4n) is 7.32. The number of nitrogens with one attached hydrogen (secondary N) is 3. The summed E-state index contributed by atoms with van der Waals surface area (Å²) in [6.07, 6.45) is 9.05. The number of hydrogen-bond donors (Lipinski definition) is 3. The van der Waals surface area contributed by atoms with Crippen LogP contribution in [0.3, 0.4) is 0 Å². The average Bonchev–Trinajstić information content (AvgIpc) is 3.14. The van der Waals surface area contributed by atoms with Gasteiger partial charge in [0.05, 0.1) is 0 Å². The van der Waals surface area contributed by atoms with Crippen molar-refractivity contribution in [2.75, 3.05) is 32.8 Å². The molecule has 0 bridgehead atoms. The predicted molar refractivity (Wildman–Crippen MR) is 358 cm³/mol. The Morgan fingerprint density at radius 3 is 0.671 bits per heavy atom. The molecule has 3 amide bonds. The van der Waals surface area contributed by atoms with Crippen LogP contribution < -0.4 is 16.0 Å². The van der Waals surface area contributed by atoms with Crippen LogP contribution in [0.1, 0.15) is 333 Å². The van der Waals surface area contributed by atoms with E-state index in [4.69, 9.17) is 4.74 Å². The number of Topliss-reactive ketones (excluding diaryl/α,β-unsaturated/α-hetero) is 3. The molecule has 0 aromatic rings. The molecular formula is C72H147N3O7. The van der Waals surface area contributed by atoms with Crippen molar-refractivity contribution in [3.05, 3.63) is 0 Å². The zero-order valence-electron chi connectivity index (χ0n) is 62.1. The molecule has 0 aliphatic heterocycles. The van der Waals surface area contributed by atoms with Crippen molar-refractivity contribution in [1.82, 2.24) is 16.0 Å². The number of hydrogen-bond acceptors (Lipinski definition) is 7. The lowest BCUT2D eigenvalue weighted by molar-refractivity contribution is -0.126. The van der Waals surface area contributed by atoms with Crippen LogP contribution >= 0.6 is 0 Å².